The summed E-state index contributed by atoms with van der Waals surface area (Å²) in [7, 11) is 0. The van der Waals surface area contributed by atoms with Gasteiger partial charge < -0.3 is 25.9 Å². The van der Waals surface area contributed by atoms with Crippen molar-refractivity contribution >= 4 is 23.6 Å². The molecule has 1 heterocycles. The standard InChI is InChI=1S/C25H25N3O3/c26-15-18-10-12-20(13-11-18)27-24(30)14-25(31)21-8-4-5-9-22(21)28(23(25)17-29)16-19-6-2-1-3-7-19/h1-13,17,23,31H,14-16,26H2,(H,27,30). The molecule has 2 unspecified atom stereocenters. The molecule has 31 heavy (non-hydrogen) atoms. The number of anilines is 2. The Morgan fingerprint density at radius 2 is 1.68 bits per heavy atom. The predicted molar refractivity (Wildman–Crippen MR) is 120 cm³/mol. The number of fused-ring (bicyclic) bond motifs is 1. The highest BCUT2D eigenvalue weighted by Gasteiger charge is 2.51. The molecule has 1 aliphatic heterocycles. The summed E-state index contributed by atoms with van der Waals surface area (Å²) in [6.45, 7) is 0.870. The van der Waals surface area contributed by atoms with Gasteiger partial charge in [0.25, 0.3) is 0 Å². The van der Waals surface area contributed by atoms with E-state index in [9.17, 15) is 14.7 Å². The summed E-state index contributed by atoms with van der Waals surface area (Å²) in [5.41, 5.74) is 7.90. The van der Waals surface area contributed by atoms with E-state index in [-0.39, 0.29) is 12.3 Å². The first-order chi connectivity index (χ1) is 15.0. The zero-order valence-corrected chi connectivity index (χ0v) is 17.1. The van der Waals surface area contributed by atoms with Crippen molar-refractivity contribution in [3.8, 4) is 0 Å². The van der Waals surface area contributed by atoms with Gasteiger partial charge in [0.1, 0.15) is 17.9 Å². The lowest BCUT2D eigenvalue weighted by molar-refractivity contribution is -0.124. The third-order valence-corrected chi connectivity index (χ3v) is 5.73. The fraction of sp³-hybridized carbons (Fsp3) is 0.200. The van der Waals surface area contributed by atoms with Crippen LogP contribution in [-0.4, -0.2) is 23.3 Å². The number of aldehydes is 1. The Bertz CT molecular complexity index is 1070. The average molecular weight is 415 g/mol. The maximum Gasteiger partial charge on any atom is 0.227 e. The van der Waals surface area contributed by atoms with E-state index >= 15 is 0 Å². The zero-order chi connectivity index (χ0) is 21.8. The molecule has 4 N–H and O–H groups in total. The lowest BCUT2D eigenvalue weighted by Gasteiger charge is -2.31. The molecule has 0 fully saturated rings. The predicted octanol–water partition coefficient (Wildman–Crippen LogP) is 2.95. The molecule has 0 spiro atoms. The Kier molecular flexibility index (Phi) is 5.84. The van der Waals surface area contributed by atoms with Gasteiger partial charge in [0, 0.05) is 30.0 Å². The number of nitrogens with zero attached hydrogens (tertiary/aromatic N) is 1. The quantitative estimate of drug-likeness (QED) is 0.516. The number of carbonyl (C=O) groups excluding carboxylic acids is 2. The number of amides is 1. The minimum atomic E-state index is -1.63. The Hall–Kier alpha value is -3.48. The summed E-state index contributed by atoms with van der Waals surface area (Å²) in [4.78, 5) is 26.9. The zero-order valence-electron chi connectivity index (χ0n) is 17.1. The van der Waals surface area contributed by atoms with Crippen molar-refractivity contribution in [1.29, 1.82) is 0 Å². The van der Waals surface area contributed by atoms with E-state index in [1.165, 1.54) is 0 Å². The van der Waals surface area contributed by atoms with Crippen molar-refractivity contribution in [3.05, 3.63) is 95.6 Å². The molecule has 0 saturated heterocycles. The molecule has 0 radical (unpaired) electrons. The van der Waals surface area contributed by atoms with Crippen LogP contribution in [0.3, 0.4) is 0 Å². The van der Waals surface area contributed by atoms with E-state index in [4.69, 9.17) is 5.73 Å². The van der Waals surface area contributed by atoms with Crippen molar-refractivity contribution in [1.82, 2.24) is 0 Å². The molecule has 3 aromatic rings. The van der Waals surface area contributed by atoms with Crippen molar-refractivity contribution < 1.29 is 14.7 Å². The van der Waals surface area contributed by atoms with Crippen LogP contribution in [0.4, 0.5) is 11.4 Å². The Labute approximate surface area is 181 Å². The van der Waals surface area contributed by atoms with Crippen LogP contribution in [0.2, 0.25) is 0 Å². The Morgan fingerprint density at radius 3 is 2.35 bits per heavy atom. The smallest absolute Gasteiger partial charge is 0.227 e. The van der Waals surface area contributed by atoms with Crippen LogP contribution in [0.15, 0.2) is 78.9 Å². The second-order valence-corrected chi connectivity index (χ2v) is 7.76. The van der Waals surface area contributed by atoms with Crippen molar-refractivity contribution in [2.75, 3.05) is 10.2 Å². The minimum absolute atomic E-state index is 0.239. The van der Waals surface area contributed by atoms with E-state index in [0.29, 0.717) is 24.3 Å². The Balaban J connectivity index is 1.60. The van der Waals surface area contributed by atoms with E-state index in [1.54, 1.807) is 24.3 Å². The molecule has 0 saturated carbocycles. The number of nitrogens with two attached hydrogens (primary N) is 1. The highest BCUT2D eigenvalue weighted by atomic mass is 16.3. The van der Waals surface area contributed by atoms with Gasteiger partial charge in [-0.1, -0.05) is 60.7 Å². The number of para-hydroxylation sites is 1. The largest absolute Gasteiger partial charge is 0.382 e. The van der Waals surface area contributed by atoms with Crippen LogP contribution in [0.1, 0.15) is 23.1 Å². The topological polar surface area (TPSA) is 95.7 Å². The molecule has 6 nitrogen and oxygen atoms in total. The molecule has 1 amide bonds. The number of rotatable bonds is 7. The molecule has 0 bridgehead atoms. The summed E-state index contributed by atoms with van der Waals surface area (Å²) < 4.78 is 0. The van der Waals surface area contributed by atoms with Crippen LogP contribution < -0.4 is 16.0 Å². The van der Waals surface area contributed by atoms with E-state index in [1.807, 2.05) is 59.5 Å². The van der Waals surface area contributed by atoms with Gasteiger partial charge in [0.2, 0.25) is 5.91 Å². The van der Waals surface area contributed by atoms with Gasteiger partial charge >= 0.3 is 0 Å². The molecule has 4 rings (SSSR count). The first-order valence-electron chi connectivity index (χ1n) is 10.2. The molecule has 3 aromatic carbocycles. The number of nitrogens with one attached hydrogen (secondary N) is 1. The molecular weight excluding hydrogens is 390 g/mol. The molecule has 0 aromatic heterocycles. The minimum Gasteiger partial charge on any atom is -0.382 e. The number of aliphatic hydroxyl groups is 1. The van der Waals surface area contributed by atoms with Gasteiger partial charge in [0.15, 0.2) is 0 Å². The van der Waals surface area contributed by atoms with Gasteiger partial charge in [-0.3, -0.25) is 4.79 Å². The first-order valence-corrected chi connectivity index (χ1v) is 10.2. The summed E-state index contributed by atoms with van der Waals surface area (Å²) in [6.07, 6.45) is 0.490. The monoisotopic (exact) mass is 415 g/mol. The van der Waals surface area contributed by atoms with Crippen LogP contribution >= 0.6 is 0 Å². The highest BCUT2D eigenvalue weighted by Crippen LogP contribution is 2.46. The fourth-order valence-corrected chi connectivity index (χ4v) is 4.18. The maximum atomic E-state index is 12.8. The van der Waals surface area contributed by atoms with Gasteiger partial charge in [-0.2, -0.15) is 0 Å². The number of hydrogen-bond donors (Lipinski definition) is 3. The first kappa shape index (κ1) is 20.8. The van der Waals surface area contributed by atoms with Gasteiger partial charge in [-0.05, 0) is 29.3 Å². The van der Waals surface area contributed by atoms with E-state index in [2.05, 4.69) is 5.32 Å². The second-order valence-electron chi connectivity index (χ2n) is 7.76. The summed E-state index contributed by atoms with van der Waals surface area (Å²) in [5, 5.41) is 14.4. The maximum absolute atomic E-state index is 12.8. The SMILES string of the molecule is NCc1ccc(NC(=O)CC2(O)c3ccccc3N(Cc3ccccc3)C2C=O)cc1. The van der Waals surface area contributed by atoms with Crippen molar-refractivity contribution in [3.63, 3.8) is 0 Å². The van der Waals surface area contributed by atoms with Crippen molar-refractivity contribution in [2.24, 2.45) is 5.73 Å². The molecule has 158 valence electrons. The Morgan fingerprint density at radius 1 is 1.00 bits per heavy atom. The average Bonchev–Trinajstić information content (AvgIpc) is 3.02. The third-order valence-electron chi connectivity index (χ3n) is 5.73. The third kappa shape index (κ3) is 4.08. The molecule has 0 aliphatic carbocycles. The van der Waals surface area contributed by atoms with Gasteiger partial charge in [0.05, 0.1) is 6.42 Å². The number of hydrogen-bond acceptors (Lipinski definition) is 5. The lowest BCUT2D eigenvalue weighted by Crippen LogP contribution is -2.47. The molecular formula is C25H25N3O3. The normalized spacial score (nSPS) is 19.7. The van der Waals surface area contributed by atoms with Crippen LogP contribution in [0.5, 0.6) is 0 Å². The van der Waals surface area contributed by atoms with Crippen LogP contribution in [-0.2, 0) is 28.3 Å². The molecule has 2 atom stereocenters. The molecule has 6 heteroatoms. The number of benzene rings is 3. The summed E-state index contributed by atoms with van der Waals surface area (Å²) >= 11 is 0. The lowest BCUT2D eigenvalue weighted by atomic mass is 9.86. The second kappa shape index (κ2) is 8.71. The summed E-state index contributed by atoms with van der Waals surface area (Å²) in [6, 6.07) is 23.4. The van der Waals surface area contributed by atoms with Gasteiger partial charge in [-0.25, -0.2) is 0 Å². The van der Waals surface area contributed by atoms with Crippen molar-refractivity contribution in [2.45, 2.75) is 31.2 Å². The van der Waals surface area contributed by atoms with Crippen LogP contribution in [0.25, 0.3) is 0 Å². The van der Waals surface area contributed by atoms with E-state index in [0.717, 1.165) is 23.1 Å². The van der Waals surface area contributed by atoms with Gasteiger partial charge in [-0.15, -0.1) is 0 Å². The molecule has 1 aliphatic rings. The highest BCUT2D eigenvalue weighted by molar-refractivity contribution is 5.93. The van der Waals surface area contributed by atoms with E-state index < -0.39 is 11.6 Å². The summed E-state index contributed by atoms with van der Waals surface area (Å²) in [5.74, 6) is -0.369. The fourth-order valence-electron chi connectivity index (χ4n) is 4.18. The number of carbonyl (C=O) groups is 2. The van der Waals surface area contributed by atoms with Crippen LogP contribution in [0, 0.1) is 0 Å².